The van der Waals surface area contributed by atoms with E-state index >= 15 is 0 Å². The monoisotopic (exact) mass is 360 g/mol. The number of hydrogen-bond acceptors (Lipinski definition) is 1. The zero-order valence-corrected chi connectivity index (χ0v) is 15.6. The van der Waals surface area contributed by atoms with Crippen LogP contribution in [0.3, 0.4) is 0 Å². The molecular formula is C20H22Cl2N2. The lowest BCUT2D eigenvalue weighted by Gasteiger charge is -2.08. The van der Waals surface area contributed by atoms with Crippen LogP contribution in [-0.2, 0) is 6.42 Å². The highest BCUT2D eigenvalue weighted by atomic mass is 35.5. The van der Waals surface area contributed by atoms with Crippen LogP contribution in [0.15, 0.2) is 30.3 Å². The Hall–Kier alpha value is -1.48. The number of benzene rings is 2. The number of fused-ring (bicyclic) bond motifs is 1. The maximum Gasteiger partial charge on any atom is 0.0514 e. The van der Waals surface area contributed by atoms with Crippen LogP contribution >= 0.6 is 23.2 Å². The van der Waals surface area contributed by atoms with Gasteiger partial charge in [0.2, 0.25) is 0 Å². The van der Waals surface area contributed by atoms with E-state index in [4.69, 9.17) is 28.9 Å². The van der Waals surface area contributed by atoms with Gasteiger partial charge in [0.1, 0.15) is 0 Å². The molecule has 0 fully saturated rings. The zero-order valence-electron chi connectivity index (χ0n) is 14.0. The van der Waals surface area contributed by atoms with E-state index < -0.39 is 0 Å². The van der Waals surface area contributed by atoms with Gasteiger partial charge in [-0.05, 0) is 75.0 Å². The SMILES string of the molecule is Cc1cc(C)c2[nH]c(-c3ccc(Cl)cc3Cl)c(CCCCN)c2c1. The highest BCUT2D eigenvalue weighted by Gasteiger charge is 2.17. The second kappa shape index (κ2) is 7.18. The first-order chi connectivity index (χ1) is 11.5. The second-order valence-electron chi connectivity index (χ2n) is 6.35. The molecule has 126 valence electrons. The lowest BCUT2D eigenvalue weighted by atomic mass is 9.98. The lowest BCUT2D eigenvalue weighted by Crippen LogP contribution is -1.99. The van der Waals surface area contributed by atoms with Crippen LogP contribution in [0.25, 0.3) is 22.2 Å². The molecule has 3 aromatic rings. The molecule has 0 bridgehead atoms. The molecule has 1 heterocycles. The Morgan fingerprint density at radius 3 is 2.54 bits per heavy atom. The van der Waals surface area contributed by atoms with Gasteiger partial charge in [-0.2, -0.15) is 0 Å². The first-order valence-electron chi connectivity index (χ1n) is 8.28. The maximum atomic E-state index is 6.47. The number of aryl methyl sites for hydroxylation is 3. The molecule has 24 heavy (non-hydrogen) atoms. The van der Waals surface area contributed by atoms with E-state index in [-0.39, 0.29) is 0 Å². The minimum absolute atomic E-state index is 0.650. The van der Waals surface area contributed by atoms with Crippen molar-refractivity contribution in [3.8, 4) is 11.3 Å². The van der Waals surface area contributed by atoms with Crippen molar-refractivity contribution in [2.24, 2.45) is 5.73 Å². The smallest absolute Gasteiger partial charge is 0.0514 e. The number of rotatable bonds is 5. The number of hydrogen-bond donors (Lipinski definition) is 2. The van der Waals surface area contributed by atoms with Crippen LogP contribution in [0.4, 0.5) is 0 Å². The molecule has 3 rings (SSSR count). The van der Waals surface area contributed by atoms with Gasteiger partial charge in [-0.1, -0.05) is 34.8 Å². The molecule has 0 amide bonds. The fraction of sp³-hybridized carbons (Fsp3) is 0.300. The van der Waals surface area contributed by atoms with Crippen molar-refractivity contribution in [3.63, 3.8) is 0 Å². The molecule has 0 unspecified atom stereocenters. The molecular weight excluding hydrogens is 339 g/mol. The summed E-state index contributed by atoms with van der Waals surface area (Å²) in [6.45, 7) is 5.00. The summed E-state index contributed by atoms with van der Waals surface area (Å²) in [5.41, 5.74) is 12.8. The zero-order chi connectivity index (χ0) is 17.3. The average Bonchev–Trinajstić information content (AvgIpc) is 2.86. The Balaban J connectivity index is 2.21. The van der Waals surface area contributed by atoms with Crippen molar-refractivity contribution in [1.29, 1.82) is 0 Å². The van der Waals surface area contributed by atoms with Crippen LogP contribution < -0.4 is 5.73 Å². The minimum atomic E-state index is 0.650. The topological polar surface area (TPSA) is 41.8 Å². The van der Waals surface area contributed by atoms with E-state index in [1.807, 2.05) is 12.1 Å². The number of H-pyrrole nitrogens is 1. The van der Waals surface area contributed by atoms with E-state index in [9.17, 15) is 0 Å². The predicted octanol–water partition coefficient (Wildman–Crippen LogP) is 6.04. The number of nitrogens with one attached hydrogen (secondary N) is 1. The summed E-state index contributed by atoms with van der Waals surface area (Å²) in [6, 6.07) is 10.1. The van der Waals surface area contributed by atoms with Gasteiger partial charge < -0.3 is 10.7 Å². The third-order valence-corrected chi connectivity index (χ3v) is 4.99. The van der Waals surface area contributed by atoms with E-state index in [0.29, 0.717) is 10.0 Å². The highest BCUT2D eigenvalue weighted by molar-refractivity contribution is 6.36. The van der Waals surface area contributed by atoms with E-state index in [1.54, 1.807) is 6.07 Å². The molecule has 2 aromatic carbocycles. The molecule has 1 aromatic heterocycles. The van der Waals surface area contributed by atoms with Crippen LogP contribution in [-0.4, -0.2) is 11.5 Å². The third-order valence-electron chi connectivity index (χ3n) is 4.44. The number of unbranched alkanes of at least 4 members (excludes halogenated alkanes) is 1. The summed E-state index contributed by atoms with van der Waals surface area (Å²) in [4.78, 5) is 3.60. The first-order valence-corrected chi connectivity index (χ1v) is 9.04. The van der Waals surface area contributed by atoms with E-state index in [1.165, 1.54) is 27.6 Å². The Bertz CT molecular complexity index is 881. The van der Waals surface area contributed by atoms with Crippen LogP contribution in [0.1, 0.15) is 29.5 Å². The highest BCUT2D eigenvalue weighted by Crippen LogP contribution is 2.37. The molecule has 0 saturated heterocycles. The van der Waals surface area contributed by atoms with Crippen LogP contribution in [0.2, 0.25) is 10.0 Å². The molecule has 0 aliphatic carbocycles. The molecule has 0 saturated carbocycles. The summed E-state index contributed by atoms with van der Waals surface area (Å²) < 4.78 is 0. The van der Waals surface area contributed by atoms with Gasteiger partial charge in [-0.15, -0.1) is 0 Å². The number of nitrogens with two attached hydrogens (primary N) is 1. The second-order valence-corrected chi connectivity index (χ2v) is 7.20. The van der Waals surface area contributed by atoms with Gasteiger partial charge in [0.25, 0.3) is 0 Å². The van der Waals surface area contributed by atoms with Crippen LogP contribution in [0.5, 0.6) is 0 Å². The molecule has 0 atom stereocenters. The van der Waals surface area contributed by atoms with E-state index in [0.717, 1.165) is 37.1 Å². The average molecular weight is 361 g/mol. The Morgan fingerprint density at radius 1 is 1.04 bits per heavy atom. The van der Waals surface area contributed by atoms with E-state index in [2.05, 4.69) is 31.0 Å². The normalized spacial score (nSPS) is 11.4. The maximum absolute atomic E-state index is 6.47. The summed E-state index contributed by atoms with van der Waals surface area (Å²) in [6.07, 6.45) is 3.06. The van der Waals surface area contributed by atoms with Gasteiger partial charge in [0, 0.05) is 21.5 Å². The van der Waals surface area contributed by atoms with Crippen molar-refractivity contribution in [3.05, 3.63) is 57.1 Å². The van der Waals surface area contributed by atoms with Gasteiger partial charge in [0.15, 0.2) is 0 Å². The summed E-state index contributed by atoms with van der Waals surface area (Å²) in [5, 5.41) is 2.60. The van der Waals surface area contributed by atoms with Crippen molar-refractivity contribution in [1.82, 2.24) is 4.98 Å². The number of aromatic amines is 1. The Kier molecular flexibility index (Phi) is 5.19. The molecule has 0 spiro atoms. The van der Waals surface area contributed by atoms with Crippen LogP contribution in [0, 0.1) is 13.8 Å². The van der Waals surface area contributed by atoms with Crippen molar-refractivity contribution in [2.45, 2.75) is 33.1 Å². The number of aromatic nitrogens is 1. The molecule has 0 aliphatic heterocycles. The largest absolute Gasteiger partial charge is 0.354 e. The summed E-state index contributed by atoms with van der Waals surface area (Å²) in [7, 11) is 0. The summed E-state index contributed by atoms with van der Waals surface area (Å²) in [5.74, 6) is 0. The minimum Gasteiger partial charge on any atom is -0.354 e. The standard InChI is InChI=1S/C20H22Cl2N2/c1-12-9-13(2)19-17(10-12)15(5-3-4-8-23)20(24-19)16-7-6-14(21)11-18(16)22/h6-7,9-11,24H,3-5,8,23H2,1-2H3. The van der Waals surface area contributed by atoms with Gasteiger partial charge >= 0.3 is 0 Å². The van der Waals surface area contributed by atoms with Crippen molar-refractivity contribution < 1.29 is 0 Å². The fourth-order valence-corrected chi connectivity index (χ4v) is 3.84. The van der Waals surface area contributed by atoms with Gasteiger partial charge in [0.05, 0.1) is 10.7 Å². The Morgan fingerprint density at radius 2 is 1.83 bits per heavy atom. The third kappa shape index (κ3) is 3.32. The molecule has 4 heteroatoms. The number of halogens is 2. The molecule has 0 aliphatic rings. The molecule has 0 radical (unpaired) electrons. The predicted molar refractivity (Wildman–Crippen MR) is 105 cm³/mol. The fourth-order valence-electron chi connectivity index (χ4n) is 3.33. The molecule has 3 N–H and O–H groups in total. The van der Waals surface area contributed by atoms with Crippen molar-refractivity contribution in [2.75, 3.05) is 6.54 Å². The lowest BCUT2D eigenvalue weighted by molar-refractivity contribution is 0.748. The molecule has 2 nitrogen and oxygen atoms in total. The summed E-state index contributed by atoms with van der Waals surface area (Å²) >= 11 is 12.5. The first kappa shape index (κ1) is 17.3. The van der Waals surface area contributed by atoms with Crippen molar-refractivity contribution >= 4 is 34.1 Å². The Labute approximate surface area is 153 Å². The van der Waals surface area contributed by atoms with Gasteiger partial charge in [-0.25, -0.2) is 0 Å². The quantitative estimate of drug-likeness (QED) is 0.535. The van der Waals surface area contributed by atoms with Gasteiger partial charge in [-0.3, -0.25) is 0 Å².